The smallest absolute Gasteiger partial charge is 0.162 e. The molecule has 3 aliphatic carbocycles. The minimum absolute atomic E-state index is 0.313. The van der Waals surface area contributed by atoms with Crippen LogP contribution in [-0.4, -0.2) is 12.1 Å². The standard InChI is InChI=1S/C18H18O2/c19-10-12-6-4-11(5-7-12)8-16-15-9-17(18(16)20)14-3-1-2-13(14)15/h4-8,10,13-15,17H,1-3,9H2. The average Bonchev–Trinajstić information content (AvgIpc) is 3.13. The van der Waals surface area contributed by atoms with E-state index in [-0.39, 0.29) is 0 Å². The molecule has 0 aliphatic heterocycles. The fourth-order valence-electron chi connectivity index (χ4n) is 4.72. The lowest BCUT2D eigenvalue weighted by atomic mass is 9.78. The number of benzene rings is 1. The van der Waals surface area contributed by atoms with Crippen molar-refractivity contribution in [3.05, 3.63) is 41.0 Å². The summed E-state index contributed by atoms with van der Waals surface area (Å²) in [6, 6.07) is 7.50. The number of aldehydes is 1. The lowest BCUT2D eigenvalue weighted by Crippen LogP contribution is -2.26. The number of rotatable bonds is 2. The minimum atomic E-state index is 0.313. The second-order valence-electron chi connectivity index (χ2n) is 6.46. The summed E-state index contributed by atoms with van der Waals surface area (Å²) in [5, 5.41) is 0. The molecule has 0 radical (unpaired) electrons. The van der Waals surface area contributed by atoms with E-state index in [0.29, 0.717) is 29.1 Å². The third-order valence-electron chi connectivity index (χ3n) is 5.58. The van der Waals surface area contributed by atoms with Crippen molar-refractivity contribution >= 4 is 18.1 Å². The molecule has 0 amide bonds. The lowest BCUT2D eigenvalue weighted by Gasteiger charge is -2.25. The van der Waals surface area contributed by atoms with Crippen molar-refractivity contribution in [1.82, 2.24) is 0 Å². The average molecular weight is 266 g/mol. The Morgan fingerprint density at radius 2 is 1.60 bits per heavy atom. The summed E-state index contributed by atoms with van der Waals surface area (Å²) in [6.07, 6.45) is 7.88. The Balaban J connectivity index is 1.66. The zero-order valence-electron chi connectivity index (χ0n) is 11.4. The molecule has 4 atom stereocenters. The topological polar surface area (TPSA) is 34.1 Å². The molecule has 2 nitrogen and oxygen atoms in total. The Kier molecular flexibility index (Phi) is 2.66. The third kappa shape index (κ3) is 1.64. The van der Waals surface area contributed by atoms with Gasteiger partial charge in [0.15, 0.2) is 5.78 Å². The van der Waals surface area contributed by atoms with Crippen LogP contribution in [0.1, 0.15) is 41.6 Å². The van der Waals surface area contributed by atoms with Crippen molar-refractivity contribution in [2.24, 2.45) is 23.7 Å². The molecule has 0 saturated heterocycles. The van der Waals surface area contributed by atoms with Gasteiger partial charge < -0.3 is 0 Å². The Hall–Kier alpha value is -1.70. The highest BCUT2D eigenvalue weighted by Gasteiger charge is 2.56. The summed E-state index contributed by atoms with van der Waals surface area (Å²) in [6.45, 7) is 0. The van der Waals surface area contributed by atoms with Crippen LogP contribution in [0, 0.1) is 23.7 Å². The van der Waals surface area contributed by atoms with E-state index < -0.39 is 0 Å². The number of ketones is 1. The van der Waals surface area contributed by atoms with Gasteiger partial charge in [-0.3, -0.25) is 9.59 Å². The van der Waals surface area contributed by atoms with Gasteiger partial charge in [0.05, 0.1) is 0 Å². The summed E-state index contributed by atoms with van der Waals surface area (Å²) in [5.41, 5.74) is 2.78. The summed E-state index contributed by atoms with van der Waals surface area (Å²) in [7, 11) is 0. The Morgan fingerprint density at radius 1 is 0.950 bits per heavy atom. The van der Waals surface area contributed by atoms with Gasteiger partial charge in [0, 0.05) is 11.5 Å². The molecule has 3 aliphatic rings. The Labute approximate surface area is 118 Å². The molecule has 4 unspecified atom stereocenters. The molecule has 1 aromatic rings. The van der Waals surface area contributed by atoms with Gasteiger partial charge in [0.2, 0.25) is 0 Å². The molecule has 2 heteroatoms. The number of carbonyl (C=O) groups is 2. The first-order valence-corrected chi connectivity index (χ1v) is 7.59. The van der Waals surface area contributed by atoms with Crippen molar-refractivity contribution in [2.75, 3.05) is 0 Å². The van der Waals surface area contributed by atoms with Gasteiger partial charge in [-0.2, -0.15) is 0 Å². The molecule has 1 aromatic carbocycles. The maximum Gasteiger partial charge on any atom is 0.162 e. The zero-order valence-corrected chi connectivity index (χ0v) is 11.4. The van der Waals surface area contributed by atoms with Crippen molar-refractivity contribution < 1.29 is 9.59 Å². The second kappa shape index (κ2) is 4.41. The van der Waals surface area contributed by atoms with Gasteiger partial charge in [-0.15, -0.1) is 0 Å². The number of fused-ring (bicyclic) bond motifs is 5. The fraction of sp³-hybridized carbons (Fsp3) is 0.444. The first-order valence-electron chi connectivity index (χ1n) is 7.59. The highest BCUT2D eigenvalue weighted by atomic mass is 16.1. The van der Waals surface area contributed by atoms with E-state index in [1.807, 2.05) is 24.3 Å². The van der Waals surface area contributed by atoms with Crippen LogP contribution in [0.25, 0.3) is 6.08 Å². The summed E-state index contributed by atoms with van der Waals surface area (Å²) >= 11 is 0. The largest absolute Gasteiger partial charge is 0.298 e. The lowest BCUT2D eigenvalue weighted by molar-refractivity contribution is -0.120. The first-order chi connectivity index (χ1) is 9.78. The summed E-state index contributed by atoms with van der Waals surface area (Å²) in [4.78, 5) is 23.2. The molecule has 0 heterocycles. The molecule has 2 bridgehead atoms. The van der Waals surface area contributed by atoms with Gasteiger partial charge >= 0.3 is 0 Å². The van der Waals surface area contributed by atoms with E-state index in [2.05, 4.69) is 6.08 Å². The molecule has 20 heavy (non-hydrogen) atoms. The predicted molar refractivity (Wildman–Crippen MR) is 77.2 cm³/mol. The maximum absolute atomic E-state index is 12.5. The molecule has 102 valence electrons. The van der Waals surface area contributed by atoms with E-state index in [1.165, 1.54) is 19.3 Å². The molecule has 0 aromatic heterocycles. The van der Waals surface area contributed by atoms with Crippen LogP contribution in [0.4, 0.5) is 0 Å². The predicted octanol–water partition coefficient (Wildman–Crippen LogP) is 3.52. The van der Waals surface area contributed by atoms with Gasteiger partial charge in [-0.05, 0) is 54.2 Å². The molecule has 0 spiro atoms. The maximum atomic E-state index is 12.5. The first kappa shape index (κ1) is 12.1. The number of allylic oxidation sites excluding steroid dienone is 1. The van der Waals surface area contributed by atoms with E-state index in [1.54, 1.807) is 0 Å². The monoisotopic (exact) mass is 266 g/mol. The third-order valence-corrected chi connectivity index (χ3v) is 5.58. The highest BCUT2D eigenvalue weighted by Crippen LogP contribution is 2.59. The second-order valence-corrected chi connectivity index (χ2v) is 6.46. The minimum Gasteiger partial charge on any atom is -0.298 e. The Morgan fingerprint density at radius 3 is 2.30 bits per heavy atom. The number of hydrogen-bond acceptors (Lipinski definition) is 2. The Bertz CT molecular complexity index is 596. The van der Waals surface area contributed by atoms with Crippen LogP contribution >= 0.6 is 0 Å². The number of hydrogen-bond donors (Lipinski definition) is 0. The summed E-state index contributed by atoms with van der Waals surface area (Å²) in [5.74, 6) is 2.66. The zero-order chi connectivity index (χ0) is 13.7. The van der Waals surface area contributed by atoms with Crippen molar-refractivity contribution in [1.29, 1.82) is 0 Å². The summed E-state index contributed by atoms with van der Waals surface area (Å²) < 4.78 is 0. The number of carbonyl (C=O) groups excluding carboxylic acids is 2. The van der Waals surface area contributed by atoms with Crippen LogP contribution in [0.3, 0.4) is 0 Å². The molecule has 0 N–H and O–H groups in total. The molecule has 4 rings (SSSR count). The molecule has 3 saturated carbocycles. The molecule has 3 fully saturated rings. The number of Topliss-reactive ketones (excluding diaryl/α,β-unsaturated/α-hetero) is 1. The van der Waals surface area contributed by atoms with Crippen LogP contribution < -0.4 is 0 Å². The van der Waals surface area contributed by atoms with Gasteiger partial charge in [-0.25, -0.2) is 0 Å². The van der Waals surface area contributed by atoms with E-state index >= 15 is 0 Å². The quantitative estimate of drug-likeness (QED) is 0.606. The molecular formula is C18H18O2. The molecular weight excluding hydrogens is 248 g/mol. The van der Waals surface area contributed by atoms with Crippen LogP contribution in [0.15, 0.2) is 29.8 Å². The van der Waals surface area contributed by atoms with E-state index in [4.69, 9.17) is 0 Å². The van der Waals surface area contributed by atoms with Crippen molar-refractivity contribution in [3.63, 3.8) is 0 Å². The van der Waals surface area contributed by atoms with Gasteiger partial charge in [-0.1, -0.05) is 30.7 Å². The van der Waals surface area contributed by atoms with E-state index in [0.717, 1.165) is 29.8 Å². The van der Waals surface area contributed by atoms with Crippen LogP contribution in [0.5, 0.6) is 0 Å². The van der Waals surface area contributed by atoms with E-state index in [9.17, 15) is 9.59 Å². The van der Waals surface area contributed by atoms with Crippen LogP contribution in [0.2, 0.25) is 0 Å². The van der Waals surface area contributed by atoms with Crippen molar-refractivity contribution in [2.45, 2.75) is 25.7 Å². The van der Waals surface area contributed by atoms with Crippen LogP contribution in [-0.2, 0) is 4.79 Å². The normalized spacial score (nSPS) is 36.6. The van der Waals surface area contributed by atoms with Crippen molar-refractivity contribution in [3.8, 4) is 0 Å². The van der Waals surface area contributed by atoms with Gasteiger partial charge in [0.1, 0.15) is 6.29 Å². The SMILES string of the molecule is O=Cc1ccc(C=C2C(=O)C3CC2C2CCCC32)cc1. The van der Waals surface area contributed by atoms with Gasteiger partial charge in [0.25, 0.3) is 0 Å². The fourth-order valence-corrected chi connectivity index (χ4v) is 4.72. The highest BCUT2D eigenvalue weighted by molar-refractivity contribution is 6.05.